The summed E-state index contributed by atoms with van der Waals surface area (Å²) in [5.74, 6) is -0.912. The van der Waals surface area contributed by atoms with E-state index in [0.29, 0.717) is 12.3 Å². The van der Waals surface area contributed by atoms with Gasteiger partial charge in [0.2, 0.25) is 0 Å². The zero-order chi connectivity index (χ0) is 13.2. The van der Waals surface area contributed by atoms with Crippen LogP contribution in [-0.4, -0.2) is 43.0 Å². The van der Waals surface area contributed by atoms with E-state index in [2.05, 4.69) is 0 Å². The number of halogens is 2. The van der Waals surface area contributed by atoms with E-state index >= 15 is 0 Å². The van der Waals surface area contributed by atoms with Crippen LogP contribution in [0.3, 0.4) is 0 Å². The summed E-state index contributed by atoms with van der Waals surface area (Å²) in [5.41, 5.74) is -1.08. The van der Waals surface area contributed by atoms with Gasteiger partial charge >= 0.3 is 0 Å². The Balaban J connectivity index is 3.29. The molecular weight excluding hydrogens is 234 g/mol. The largest absolute Gasteiger partial charge is 0.294 e. The third-order valence-electron chi connectivity index (χ3n) is 2.41. The molecular formula is C10H6B4ClFO. The third kappa shape index (κ3) is 2.79. The summed E-state index contributed by atoms with van der Waals surface area (Å²) in [4.78, 5) is 11.8. The molecule has 0 saturated carbocycles. The molecule has 0 heterocycles. The predicted molar refractivity (Wildman–Crippen MR) is 72.2 cm³/mol. The lowest BCUT2D eigenvalue weighted by Crippen LogP contribution is -2.48. The molecule has 0 N–H and O–H groups in total. The lowest BCUT2D eigenvalue weighted by molar-refractivity contribution is 0.0984. The molecule has 1 nitrogen and oxygen atoms in total. The van der Waals surface area contributed by atoms with E-state index in [4.69, 9.17) is 43.0 Å². The van der Waals surface area contributed by atoms with Gasteiger partial charge in [-0.05, 0) is 6.42 Å². The summed E-state index contributed by atoms with van der Waals surface area (Å²) >= 11 is 5.48. The maximum absolute atomic E-state index is 13.4. The molecule has 8 radical (unpaired) electrons. The van der Waals surface area contributed by atoms with E-state index in [0.717, 1.165) is 0 Å². The van der Waals surface area contributed by atoms with E-state index < -0.39 is 5.82 Å². The highest BCUT2D eigenvalue weighted by Gasteiger charge is 2.17. The average molecular weight is 240 g/mol. The van der Waals surface area contributed by atoms with E-state index in [-0.39, 0.29) is 39.6 Å². The lowest BCUT2D eigenvalue weighted by Gasteiger charge is -2.17. The van der Waals surface area contributed by atoms with Crippen molar-refractivity contribution in [1.29, 1.82) is 0 Å². The van der Waals surface area contributed by atoms with Gasteiger partial charge in [-0.25, -0.2) is 4.39 Å². The highest BCUT2D eigenvalue weighted by molar-refractivity contribution is 6.59. The molecule has 0 spiro atoms. The molecule has 0 aliphatic rings. The lowest BCUT2D eigenvalue weighted by atomic mass is 9.66. The number of hydrogen-bond acceptors (Lipinski definition) is 1. The molecule has 1 aromatic carbocycles. The monoisotopic (exact) mass is 240 g/mol. The van der Waals surface area contributed by atoms with Crippen LogP contribution in [0.5, 0.6) is 0 Å². The number of rotatable bonds is 4. The number of carbonyl (C=O) groups is 1. The Bertz CT molecular complexity index is 435. The van der Waals surface area contributed by atoms with Crippen LogP contribution in [0.1, 0.15) is 23.2 Å². The van der Waals surface area contributed by atoms with Gasteiger partial charge in [-0.3, -0.25) is 4.79 Å². The minimum absolute atomic E-state index is 0.0217. The minimum atomic E-state index is -0.895. The molecule has 0 fully saturated rings. The van der Waals surface area contributed by atoms with Gasteiger partial charge in [0.25, 0.3) is 0 Å². The molecule has 1 aromatic rings. The highest BCUT2D eigenvalue weighted by atomic mass is 35.5. The van der Waals surface area contributed by atoms with Crippen LogP contribution in [0.4, 0.5) is 4.39 Å². The molecule has 1 rings (SSSR count). The fourth-order valence-corrected chi connectivity index (χ4v) is 1.58. The predicted octanol–water partition coefficient (Wildman–Crippen LogP) is -1.80. The van der Waals surface area contributed by atoms with Gasteiger partial charge in [-0.2, -0.15) is 0 Å². The first-order valence-electron chi connectivity index (χ1n) is 4.92. The van der Waals surface area contributed by atoms with Crippen LogP contribution in [-0.2, 0) is 0 Å². The number of carbonyl (C=O) groups excluding carboxylic acids is 1. The molecule has 7 heteroatoms. The molecule has 0 atom stereocenters. The fraction of sp³-hybridized carbons (Fsp3) is 0.300. The second-order valence-electron chi connectivity index (χ2n) is 3.56. The quantitative estimate of drug-likeness (QED) is 0.345. The van der Waals surface area contributed by atoms with E-state index in [1.807, 2.05) is 0 Å². The Morgan fingerprint density at radius 2 is 1.53 bits per heavy atom. The first-order chi connectivity index (χ1) is 7.91. The maximum atomic E-state index is 13.4. The molecule has 0 aromatic heterocycles. The molecule has 0 bridgehead atoms. The summed E-state index contributed by atoms with van der Waals surface area (Å²) < 4.78 is 13.4. The molecule has 0 aliphatic heterocycles. The third-order valence-corrected chi connectivity index (χ3v) is 2.68. The summed E-state index contributed by atoms with van der Waals surface area (Å²) in [7, 11) is 22.0. The average Bonchev–Trinajstić information content (AvgIpc) is 2.31. The Hall–Kier alpha value is -0.630. The second kappa shape index (κ2) is 5.81. The standard InChI is InChI=1S/C10H6B4ClFO/c11-6-5(4(17)2-1-3-15)7(12)9(14)10(16)8(6)13/h1-3H2. The van der Waals surface area contributed by atoms with Crippen LogP contribution in [0, 0.1) is 5.82 Å². The number of hydrogen-bond donors (Lipinski definition) is 0. The van der Waals surface area contributed by atoms with Crippen LogP contribution in [0.25, 0.3) is 0 Å². The van der Waals surface area contributed by atoms with Gasteiger partial charge in [0.1, 0.15) is 37.2 Å². The van der Waals surface area contributed by atoms with Crippen molar-refractivity contribution in [2.24, 2.45) is 0 Å². The van der Waals surface area contributed by atoms with Crippen molar-refractivity contribution >= 4 is 70.6 Å². The molecule has 0 unspecified atom stereocenters. The molecule has 17 heavy (non-hydrogen) atoms. The normalized spacial score (nSPS) is 10.5. The molecule has 0 saturated heterocycles. The van der Waals surface area contributed by atoms with Crippen LogP contribution >= 0.6 is 11.6 Å². The SMILES string of the molecule is [B]c1c([B])c(C(=O)CCCCl)c([B])c([B])c1F. The zero-order valence-corrected chi connectivity index (χ0v) is 9.85. The van der Waals surface area contributed by atoms with Crippen molar-refractivity contribution < 1.29 is 9.18 Å². The summed E-state index contributed by atoms with van der Waals surface area (Å²) in [5, 5.41) is 0. The second-order valence-corrected chi connectivity index (χ2v) is 3.94. The Labute approximate surface area is 110 Å². The molecule has 0 aliphatic carbocycles. The van der Waals surface area contributed by atoms with Gasteiger partial charge in [-0.1, -0.05) is 21.9 Å². The van der Waals surface area contributed by atoms with Gasteiger partial charge < -0.3 is 0 Å². The first kappa shape index (κ1) is 14.4. The van der Waals surface area contributed by atoms with Crippen molar-refractivity contribution in [3.05, 3.63) is 11.4 Å². The van der Waals surface area contributed by atoms with Gasteiger partial charge in [0.05, 0.1) is 0 Å². The summed E-state index contributed by atoms with van der Waals surface area (Å²) in [6.07, 6.45) is 0.624. The number of benzene rings is 1. The summed E-state index contributed by atoms with van der Waals surface area (Å²) in [6, 6.07) is 0. The van der Waals surface area contributed by atoms with Gasteiger partial charge in [0, 0.05) is 17.9 Å². The van der Waals surface area contributed by atoms with E-state index in [9.17, 15) is 9.18 Å². The zero-order valence-electron chi connectivity index (χ0n) is 9.09. The molecule has 0 amide bonds. The van der Waals surface area contributed by atoms with Crippen LogP contribution in [0.15, 0.2) is 0 Å². The number of Topliss-reactive ketones (excluding diaryl/α,β-unsaturated/α-hetero) is 1. The summed E-state index contributed by atoms with van der Waals surface area (Å²) in [6.45, 7) is 0. The first-order valence-corrected chi connectivity index (χ1v) is 5.45. The van der Waals surface area contributed by atoms with Crippen LogP contribution < -0.4 is 21.9 Å². The smallest absolute Gasteiger partial charge is 0.161 e. The van der Waals surface area contributed by atoms with E-state index in [1.54, 1.807) is 0 Å². The van der Waals surface area contributed by atoms with E-state index in [1.165, 1.54) is 0 Å². The maximum Gasteiger partial charge on any atom is 0.161 e. The fourth-order valence-electron chi connectivity index (χ4n) is 1.45. The Morgan fingerprint density at radius 1 is 1.06 bits per heavy atom. The number of ketones is 1. The van der Waals surface area contributed by atoms with Gasteiger partial charge in [-0.15, -0.1) is 11.6 Å². The Morgan fingerprint density at radius 3 is 1.94 bits per heavy atom. The van der Waals surface area contributed by atoms with Crippen molar-refractivity contribution in [3.8, 4) is 0 Å². The van der Waals surface area contributed by atoms with Crippen LogP contribution in [0.2, 0.25) is 0 Å². The van der Waals surface area contributed by atoms with Crippen molar-refractivity contribution in [2.75, 3.05) is 5.88 Å². The van der Waals surface area contributed by atoms with Crippen molar-refractivity contribution in [2.45, 2.75) is 12.8 Å². The number of alkyl halides is 1. The highest BCUT2D eigenvalue weighted by Crippen LogP contribution is 2.01. The van der Waals surface area contributed by atoms with Gasteiger partial charge in [0.15, 0.2) is 5.78 Å². The Kier molecular flexibility index (Phi) is 4.93. The minimum Gasteiger partial charge on any atom is -0.294 e. The molecule has 78 valence electrons. The van der Waals surface area contributed by atoms with Crippen molar-refractivity contribution in [3.63, 3.8) is 0 Å². The topological polar surface area (TPSA) is 17.1 Å². The van der Waals surface area contributed by atoms with Crippen molar-refractivity contribution in [1.82, 2.24) is 0 Å².